The van der Waals surface area contributed by atoms with Crippen LogP contribution in [0.15, 0.2) is 58.5 Å². The Morgan fingerprint density at radius 3 is 1.63 bits per heavy atom. The van der Waals surface area contributed by atoms with Gasteiger partial charge < -0.3 is 27.2 Å². The zero-order valence-corrected chi connectivity index (χ0v) is 27.4. The number of thiazole rings is 2. The fourth-order valence-corrected chi connectivity index (χ4v) is 7.54. The van der Waals surface area contributed by atoms with Gasteiger partial charge in [0.25, 0.3) is 0 Å². The number of anilines is 2. The molecule has 0 spiro atoms. The van der Waals surface area contributed by atoms with E-state index in [1.165, 1.54) is 11.1 Å². The van der Waals surface area contributed by atoms with E-state index in [2.05, 4.69) is 71.2 Å². The van der Waals surface area contributed by atoms with Crippen molar-refractivity contribution in [2.75, 3.05) is 45.8 Å². The second kappa shape index (κ2) is 13.4. The predicted octanol–water partition coefficient (Wildman–Crippen LogP) is 4.92. The Morgan fingerprint density at radius 2 is 1.20 bits per heavy atom. The van der Waals surface area contributed by atoms with Gasteiger partial charge in [-0.1, -0.05) is 24.3 Å². The molecule has 8 rings (SSSR count). The molecule has 2 aliphatic heterocycles. The summed E-state index contributed by atoms with van der Waals surface area (Å²) in [6, 6.07) is 12.6. The number of pyridine rings is 2. The smallest absolute Gasteiger partial charge is 0.151 e. The third-order valence-corrected chi connectivity index (χ3v) is 9.63. The van der Waals surface area contributed by atoms with Crippen LogP contribution in [0.3, 0.4) is 0 Å². The van der Waals surface area contributed by atoms with Crippen LogP contribution in [-0.2, 0) is 13.1 Å². The molecule has 11 nitrogen and oxygen atoms in total. The number of nitrogen functional groups attached to an aromatic ring is 2. The van der Waals surface area contributed by atoms with E-state index in [1.807, 2.05) is 38.7 Å². The molecule has 0 saturated heterocycles. The number of rotatable bonds is 5. The van der Waals surface area contributed by atoms with Crippen molar-refractivity contribution in [1.82, 2.24) is 24.8 Å². The molecule has 2 aromatic carbocycles. The van der Waals surface area contributed by atoms with Crippen molar-refractivity contribution in [3.8, 4) is 0 Å². The van der Waals surface area contributed by atoms with Crippen molar-refractivity contribution >= 4 is 100 Å². The summed E-state index contributed by atoms with van der Waals surface area (Å²) >= 11 is 3.28. The third-order valence-electron chi connectivity index (χ3n) is 7.45. The highest BCUT2D eigenvalue weighted by atomic mass is 32.1. The number of nitrogens with two attached hydrogens (primary N) is 3. The first kappa shape index (κ1) is 31.3. The van der Waals surface area contributed by atoms with Crippen LogP contribution in [0.1, 0.15) is 21.1 Å². The molecule has 0 saturated carbocycles. The number of fused-ring (bicyclic) bond motifs is 6. The average Bonchev–Trinajstić information content (AvgIpc) is 3.89. The minimum Gasteiger partial charge on any atom is -0.400 e. The molecular formula is C33H34N10OS2. The van der Waals surface area contributed by atoms with Crippen molar-refractivity contribution in [3.63, 3.8) is 0 Å². The molecule has 0 radical (unpaired) electrons. The van der Waals surface area contributed by atoms with Gasteiger partial charge in [-0.3, -0.25) is 9.98 Å². The van der Waals surface area contributed by atoms with Crippen molar-refractivity contribution in [3.05, 3.63) is 69.7 Å². The number of aliphatic hydroxyl groups is 1. The lowest BCUT2D eigenvalue weighted by molar-refractivity contribution is 0.399. The maximum atomic E-state index is 7.00. The summed E-state index contributed by atoms with van der Waals surface area (Å²) in [5.41, 5.74) is 25.9. The minimum atomic E-state index is 0.419. The van der Waals surface area contributed by atoms with Gasteiger partial charge in [0.1, 0.15) is 21.0 Å². The zero-order chi connectivity index (χ0) is 32.4. The largest absolute Gasteiger partial charge is 0.400 e. The van der Waals surface area contributed by atoms with Gasteiger partial charge in [0.05, 0.1) is 33.5 Å². The van der Waals surface area contributed by atoms with Crippen LogP contribution in [0.2, 0.25) is 0 Å². The highest BCUT2D eigenvalue weighted by Crippen LogP contribution is 2.35. The average molecular weight is 651 g/mol. The maximum Gasteiger partial charge on any atom is 0.151 e. The van der Waals surface area contributed by atoms with Gasteiger partial charge >= 0.3 is 0 Å². The summed E-state index contributed by atoms with van der Waals surface area (Å²) in [5, 5.41) is 11.1. The van der Waals surface area contributed by atoms with Crippen LogP contribution < -0.4 is 17.2 Å². The topological polar surface area (TPSA) is 178 Å². The molecule has 234 valence electrons. The fourth-order valence-electron chi connectivity index (χ4n) is 5.33. The molecule has 6 heterocycles. The summed E-state index contributed by atoms with van der Waals surface area (Å²) < 4.78 is 2.17. The van der Waals surface area contributed by atoms with Gasteiger partial charge in [-0.2, -0.15) is 0 Å². The number of aliphatic imine (C=N–C) groups is 2. The van der Waals surface area contributed by atoms with E-state index < -0.39 is 0 Å². The normalized spacial score (nSPS) is 13.8. The molecule has 46 heavy (non-hydrogen) atoms. The van der Waals surface area contributed by atoms with E-state index in [0.29, 0.717) is 18.2 Å². The third kappa shape index (κ3) is 6.10. The number of aromatic nitrogens is 4. The Hall–Kier alpha value is -4.66. The monoisotopic (exact) mass is 650 g/mol. The Morgan fingerprint density at radius 1 is 0.717 bits per heavy atom. The lowest BCUT2D eigenvalue weighted by atomic mass is 10.0. The highest BCUT2D eigenvalue weighted by Gasteiger charge is 2.15. The lowest BCUT2D eigenvalue weighted by Gasteiger charge is -2.05. The zero-order valence-electron chi connectivity index (χ0n) is 25.7. The van der Waals surface area contributed by atoms with Crippen molar-refractivity contribution in [1.29, 1.82) is 0 Å². The van der Waals surface area contributed by atoms with E-state index in [1.54, 1.807) is 22.7 Å². The van der Waals surface area contributed by atoms with Crippen LogP contribution in [0.25, 0.3) is 53.4 Å². The molecule has 0 bridgehead atoms. The van der Waals surface area contributed by atoms with Crippen LogP contribution in [0.4, 0.5) is 11.6 Å². The summed E-state index contributed by atoms with van der Waals surface area (Å²) in [7, 11) is 5.07. The Labute approximate surface area is 273 Å². The molecule has 0 aliphatic carbocycles. The van der Waals surface area contributed by atoms with Crippen molar-refractivity contribution in [2.24, 2.45) is 15.7 Å². The molecule has 6 aromatic rings. The summed E-state index contributed by atoms with van der Waals surface area (Å²) in [5.74, 6) is 0.963. The lowest BCUT2D eigenvalue weighted by Crippen LogP contribution is -2.10. The molecule has 7 N–H and O–H groups in total. The summed E-state index contributed by atoms with van der Waals surface area (Å²) in [6.45, 7) is 2.68. The second-order valence-electron chi connectivity index (χ2n) is 10.8. The molecular weight excluding hydrogens is 617 g/mol. The molecule has 13 heteroatoms. The van der Waals surface area contributed by atoms with Crippen LogP contribution in [0, 0.1) is 0 Å². The molecule has 0 atom stereocenters. The van der Waals surface area contributed by atoms with Gasteiger partial charge in [-0.25, -0.2) is 19.9 Å². The highest BCUT2D eigenvalue weighted by molar-refractivity contribution is 7.20. The summed E-state index contributed by atoms with van der Waals surface area (Å²) in [6.07, 6.45) is 7.76. The molecule has 0 fully saturated rings. The first-order valence-electron chi connectivity index (χ1n) is 14.5. The predicted molar refractivity (Wildman–Crippen MR) is 195 cm³/mol. The number of allylic oxidation sites excluding steroid dienone is 2. The van der Waals surface area contributed by atoms with E-state index in [9.17, 15) is 0 Å². The Bertz CT molecular complexity index is 2210. The van der Waals surface area contributed by atoms with Gasteiger partial charge in [0.2, 0.25) is 0 Å². The van der Waals surface area contributed by atoms with E-state index in [-0.39, 0.29) is 0 Å². The Kier molecular flexibility index (Phi) is 9.10. The van der Waals surface area contributed by atoms with E-state index in [4.69, 9.17) is 22.3 Å². The first-order valence-corrected chi connectivity index (χ1v) is 16.2. The van der Waals surface area contributed by atoms with E-state index in [0.717, 1.165) is 90.1 Å². The van der Waals surface area contributed by atoms with Gasteiger partial charge in [0.15, 0.2) is 11.6 Å². The van der Waals surface area contributed by atoms with E-state index >= 15 is 0 Å². The molecule has 4 aromatic heterocycles. The number of nitrogens with zero attached hydrogens (tertiary/aromatic N) is 7. The SMILES string of the molecule is CN(C)Cc1nc2c(N)nc3cc(C4=CC=NC4)ccc3c2s1.CO.NCc1nc2c(N)nc3cc(C4=CC=NC4)ccc3c2s1. The molecule has 2 aliphatic rings. The van der Waals surface area contributed by atoms with Crippen molar-refractivity contribution < 1.29 is 5.11 Å². The van der Waals surface area contributed by atoms with Crippen LogP contribution in [0.5, 0.6) is 0 Å². The van der Waals surface area contributed by atoms with Crippen molar-refractivity contribution in [2.45, 2.75) is 13.1 Å². The fraction of sp³-hybridized carbons (Fsp3) is 0.212. The van der Waals surface area contributed by atoms with Gasteiger partial charge in [-0.05, 0) is 60.7 Å². The molecule has 0 unspecified atom stereocenters. The second-order valence-corrected chi connectivity index (χ2v) is 13.0. The number of aliphatic hydroxyl groups excluding tert-OH is 1. The minimum absolute atomic E-state index is 0.419. The Balaban J connectivity index is 0.000000154. The quantitative estimate of drug-likeness (QED) is 0.202. The van der Waals surface area contributed by atoms with Gasteiger partial charge in [0, 0.05) is 43.4 Å². The number of benzene rings is 2. The molecule has 0 amide bonds. The van der Waals surface area contributed by atoms with Crippen LogP contribution in [-0.4, -0.2) is 76.7 Å². The maximum absolute atomic E-state index is 7.00. The standard InChI is InChI=1S/C17H17N5S.C15H13N5S.CH4O/c1-22(2)9-14-21-15-16(23-14)12-4-3-10(11-5-6-19-8-11)7-13(12)20-17(15)18;16-6-12-20-13-14(21-12)10-2-1-8(9-3-4-18-7-9)5-11(10)19-15(13)17;1-2/h3-7H,8-9H2,1-2H3,(H2,18,20);1-5H,6-7,16H2,(H2,17,19);2H,1H3. The first-order chi connectivity index (χ1) is 22.4. The van der Waals surface area contributed by atoms with Gasteiger partial charge in [-0.15, -0.1) is 22.7 Å². The summed E-state index contributed by atoms with van der Waals surface area (Å²) in [4.78, 5) is 28.7. The number of hydrogen-bond donors (Lipinski definition) is 4. The van der Waals surface area contributed by atoms with Crippen LogP contribution >= 0.6 is 22.7 Å². The number of hydrogen-bond acceptors (Lipinski definition) is 13.